The molecule has 2 rings (SSSR count). The van der Waals surface area contributed by atoms with Crippen LogP contribution in [0, 0.1) is 0 Å². The average molecular weight is 242 g/mol. The molecular weight excluding hydrogens is 228 g/mol. The lowest BCUT2D eigenvalue weighted by molar-refractivity contribution is 0.0107. The molecule has 1 fully saturated rings. The van der Waals surface area contributed by atoms with Gasteiger partial charge >= 0.3 is 5.97 Å². The van der Waals surface area contributed by atoms with Gasteiger partial charge in [-0.15, -0.1) is 11.3 Å². The molecule has 0 aliphatic carbocycles. The molecule has 1 aliphatic rings. The molecule has 0 bridgehead atoms. The highest BCUT2D eigenvalue weighted by Gasteiger charge is 2.11. The fourth-order valence-corrected chi connectivity index (χ4v) is 2.28. The van der Waals surface area contributed by atoms with E-state index in [-0.39, 0.29) is 0 Å². The number of carbonyl (C=O) groups is 1. The summed E-state index contributed by atoms with van der Waals surface area (Å²) >= 11 is 1.31. The third-order valence-electron chi connectivity index (χ3n) is 2.36. The molecule has 0 unspecified atom stereocenters. The van der Waals surface area contributed by atoms with Crippen molar-refractivity contribution in [2.75, 3.05) is 26.3 Å². The van der Waals surface area contributed by atoms with E-state index in [0.717, 1.165) is 31.2 Å². The summed E-state index contributed by atoms with van der Waals surface area (Å²) in [6.07, 6.45) is 0. The number of rotatable bonds is 4. The van der Waals surface area contributed by atoms with Gasteiger partial charge in [0, 0.05) is 24.5 Å². The van der Waals surface area contributed by atoms with Gasteiger partial charge in [-0.2, -0.15) is 0 Å². The van der Waals surface area contributed by atoms with Crippen molar-refractivity contribution in [1.82, 2.24) is 10.4 Å². The summed E-state index contributed by atoms with van der Waals surface area (Å²) in [6, 6.07) is 3.49. The van der Waals surface area contributed by atoms with Crippen molar-refractivity contribution in [1.29, 1.82) is 0 Å². The van der Waals surface area contributed by atoms with Crippen molar-refractivity contribution in [2.45, 2.75) is 6.54 Å². The van der Waals surface area contributed by atoms with Gasteiger partial charge in [0.05, 0.1) is 13.2 Å². The fraction of sp³-hybridized carbons (Fsp3) is 0.500. The number of thiophene rings is 1. The standard InChI is InChI=1S/C10H14N2O3S/c13-10(14)9-2-1-8(16-9)7-11-12-3-5-15-6-4-12/h1-2,11H,3-7H2,(H,13,14). The zero-order valence-corrected chi connectivity index (χ0v) is 9.63. The van der Waals surface area contributed by atoms with Gasteiger partial charge in [0.15, 0.2) is 0 Å². The Morgan fingerprint density at radius 2 is 2.25 bits per heavy atom. The van der Waals surface area contributed by atoms with Crippen LogP contribution in [0.5, 0.6) is 0 Å². The van der Waals surface area contributed by atoms with Gasteiger partial charge in [0.25, 0.3) is 0 Å². The lowest BCUT2D eigenvalue weighted by Crippen LogP contribution is -2.45. The Hall–Kier alpha value is -0.950. The van der Waals surface area contributed by atoms with Crippen molar-refractivity contribution < 1.29 is 14.6 Å². The first-order valence-electron chi connectivity index (χ1n) is 5.14. The summed E-state index contributed by atoms with van der Waals surface area (Å²) < 4.78 is 5.23. The molecule has 2 heterocycles. The summed E-state index contributed by atoms with van der Waals surface area (Å²) in [7, 11) is 0. The molecule has 0 atom stereocenters. The number of nitrogens with zero attached hydrogens (tertiary/aromatic N) is 1. The highest BCUT2D eigenvalue weighted by molar-refractivity contribution is 7.13. The number of morpholine rings is 1. The summed E-state index contributed by atoms with van der Waals surface area (Å²) in [5, 5.41) is 10.9. The molecule has 1 aliphatic heterocycles. The van der Waals surface area contributed by atoms with E-state index in [9.17, 15) is 4.79 Å². The maximum Gasteiger partial charge on any atom is 0.345 e. The second-order valence-electron chi connectivity index (χ2n) is 3.51. The predicted octanol–water partition coefficient (Wildman–Crippen LogP) is 0.783. The van der Waals surface area contributed by atoms with Crippen molar-refractivity contribution in [3.05, 3.63) is 21.9 Å². The Morgan fingerprint density at radius 1 is 1.50 bits per heavy atom. The van der Waals surface area contributed by atoms with Gasteiger partial charge in [0.1, 0.15) is 4.88 Å². The Balaban J connectivity index is 1.81. The number of carboxylic acids is 1. The molecule has 0 aromatic carbocycles. The highest BCUT2D eigenvalue weighted by atomic mass is 32.1. The normalized spacial score (nSPS) is 17.5. The minimum atomic E-state index is -0.859. The van der Waals surface area contributed by atoms with Crippen LogP contribution in [0.4, 0.5) is 0 Å². The smallest absolute Gasteiger partial charge is 0.345 e. The van der Waals surface area contributed by atoms with Crippen molar-refractivity contribution in [3.63, 3.8) is 0 Å². The zero-order chi connectivity index (χ0) is 11.4. The molecule has 88 valence electrons. The van der Waals surface area contributed by atoms with Gasteiger partial charge in [-0.05, 0) is 12.1 Å². The molecular formula is C10H14N2O3S. The van der Waals surface area contributed by atoms with Crippen LogP contribution < -0.4 is 5.43 Å². The molecule has 2 N–H and O–H groups in total. The first-order chi connectivity index (χ1) is 7.75. The van der Waals surface area contributed by atoms with E-state index in [0.29, 0.717) is 11.4 Å². The van der Waals surface area contributed by atoms with Gasteiger partial charge < -0.3 is 9.84 Å². The van der Waals surface area contributed by atoms with Gasteiger partial charge in [-0.3, -0.25) is 0 Å². The number of nitrogens with one attached hydrogen (secondary N) is 1. The maximum absolute atomic E-state index is 10.7. The van der Waals surface area contributed by atoms with Crippen LogP contribution in [0.3, 0.4) is 0 Å². The van der Waals surface area contributed by atoms with Crippen molar-refractivity contribution in [3.8, 4) is 0 Å². The molecule has 5 nitrogen and oxygen atoms in total. The maximum atomic E-state index is 10.7. The quantitative estimate of drug-likeness (QED) is 0.817. The van der Waals surface area contributed by atoms with Crippen LogP contribution in [0.1, 0.15) is 14.5 Å². The van der Waals surface area contributed by atoms with Gasteiger partial charge in [0.2, 0.25) is 0 Å². The number of carboxylic acid groups (broad SMARTS) is 1. The monoisotopic (exact) mass is 242 g/mol. The van der Waals surface area contributed by atoms with Crippen LogP contribution >= 0.6 is 11.3 Å². The second kappa shape index (κ2) is 5.40. The number of hydrogen-bond acceptors (Lipinski definition) is 5. The topological polar surface area (TPSA) is 61.8 Å². The Labute approximate surface area is 97.6 Å². The van der Waals surface area contributed by atoms with E-state index in [1.165, 1.54) is 11.3 Å². The second-order valence-corrected chi connectivity index (χ2v) is 4.67. The lowest BCUT2D eigenvalue weighted by atomic mass is 10.4. The molecule has 0 saturated carbocycles. The average Bonchev–Trinajstić information content (AvgIpc) is 2.76. The minimum Gasteiger partial charge on any atom is -0.477 e. The zero-order valence-electron chi connectivity index (χ0n) is 8.81. The Morgan fingerprint density at radius 3 is 2.88 bits per heavy atom. The molecule has 0 spiro atoms. The Bertz CT molecular complexity index is 361. The molecule has 1 aromatic rings. The molecule has 16 heavy (non-hydrogen) atoms. The molecule has 0 amide bonds. The fourth-order valence-electron chi connectivity index (χ4n) is 1.50. The van der Waals surface area contributed by atoms with E-state index < -0.39 is 5.97 Å². The van der Waals surface area contributed by atoms with Gasteiger partial charge in [-0.1, -0.05) is 0 Å². The summed E-state index contributed by atoms with van der Waals surface area (Å²) in [6.45, 7) is 3.92. The van der Waals surface area contributed by atoms with Crippen molar-refractivity contribution >= 4 is 17.3 Å². The molecule has 1 saturated heterocycles. The number of aromatic carboxylic acids is 1. The van der Waals surface area contributed by atoms with E-state index in [2.05, 4.69) is 10.4 Å². The van der Waals surface area contributed by atoms with Crippen LogP contribution in [-0.4, -0.2) is 42.4 Å². The third-order valence-corrected chi connectivity index (χ3v) is 3.43. The van der Waals surface area contributed by atoms with Crippen LogP contribution in [0.2, 0.25) is 0 Å². The molecule has 1 aromatic heterocycles. The Kier molecular flexibility index (Phi) is 3.89. The summed E-state index contributed by atoms with van der Waals surface area (Å²) in [5.41, 5.74) is 3.26. The molecule has 6 heteroatoms. The largest absolute Gasteiger partial charge is 0.477 e. The van der Waals surface area contributed by atoms with E-state index in [4.69, 9.17) is 9.84 Å². The van der Waals surface area contributed by atoms with Crippen LogP contribution in [-0.2, 0) is 11.3 Å². The summed E-state index contributed by atoms with van der Waals surface area (Å²) in [5.74, 6) is -0.859. The number of hydrogen-bond donors (Lipinski definition) is 2. The first-order valence-corrected chi connectivity index (χ1v) is 5.95. The van der Waals surface area contributed by atoms with E-state index in [1.54, 1.807) is 6.07 Å². The SMILES string of the molecule is O=C(O)c1ccc(CNN2CCOCC2)s1. The minimum absolute atomic E-state index is 0.388. The van der Waals surface area contributed by atoms with Crippen LogP contribution in [0.25, 0.3) is 0 Å². The van der Waals surface area contributed by atoms with E-state index >= 15 is 0 Å². The van der Waals surface area contributed by atoms with Crippen molar-refractivity contribution in [2.24, 2.45) is 0 Å². The number of hydrazine groups is 1. The van der Waals surface area contributed by atoms with Crippen LogP contribution in [0.15, 0.2) is 12.1 Å². The number of ether oxygens (including phenoxy) is 1. The highest BCUT2D eigenvalue weighted by Crippen LogP contribution is 2.16. The third kappa shape index (κ3) is 3.02. The van der Waals surface area contributed by atoms with Gasteiger partial charge in [-0.25, -0.2) is 15.2 Å². The van der Waals surface area contributed by atoms with E-state index in [1.807, 2.05) is 6.07 Å². The summed E-state index contributed by atoms with van der Waals surface area (Å²) in [4.78, 5) is 12.1. The first kappa shape index (κ1) is 11.5. The lowest BCUT2D eigenvalue weighted by Gasteiger charge is -2.26. The predicted molar refractivity (Wildman–Crippen MR) is 60.5 cm³/mol. The molecule has 0 radical (unpaired) electrons.